The molecule has 1 heterocycles. The molecule has 56 valence electrons. The second-order valence-electron chi connectivity index (χ2n) is 2.94. The third-order valence-electron chi connectivity index (χ3n) is 2.16. The molecule has 0 spiro atoms. The highest BCUT2D eigenvalue weighted by Crippen LogP contribution is 2.38. The molecule has 0 bridgehead atoms. The highest BCUT2D eigenvalue weighted by molar-refractivity contribution is 5.18. The van der Waals surface area contributed by atoms with Crippen LogP contribution in [0.1, 0.15) is 6.42 Å². The minimum atomic E-state index is -0.774. The lowest BCUT2D eigenvalue weighted by atomic mass is 9.91. The number of fused-ring (bicyclic) bond motifs is 1. The zero-order valence-corrected chi connectivity index (χ0v) is 5.53. The van der Waals surface area contributed by atoms with Crippen LogP contribution in [-0.2, 0) is 4.74 Å². The Bertz CT molecular complexity index is 178. The van der Waals surface area contributed by atoms with Gasteiger partial charge in [0.15, 0.2) is 0 Å². The summed E-state index contributed by atoms with van der Waals surface area (Å²) < 4.78 is 5.06. The first-order valence-electron chi connectivity index (χ1n) is 3.39. The monoisotopic (exact) mass is 142 g/mol. The molecule has 0 aromatic rings. The van der Waals surface area contributed by atoms with Crippen molar-refractivity contribution in [1.29, 1.82) is 0 Å². The molecule has 2 rings (SSSR count). The summed E-state index contributed by atoms with van der Waals surface area (Å²) in [6.07, 6.45) is -0.815. The zero-order chi connectivity index (χ0) is 7.30. The summed E-state index contributed by atoms with van der Waals surface area (Å²) in [5.74, 6) is 0. The molecule has 2 fully saturated rings. The van der Waals surface area contributed by atoms with Gasteiger partial charge in [-0.05, 0) is 12.0 Å². The van der Waals surface area contributed by atoms with E-state index in [2.05, 4.69) is 6.58 Å². The van der Waals surface area contributed by atoms with E-state index in [0.717, 1.165) is 0 Å². The predicted octanol–water partition coefficient (Wildman–Crippen LogP) is -0.565. The van der Waals surface area contributed by atoms with E-state index in [1.165, 1.54) is 0 Å². The van der Waals surface area contributed by atoms with E-state index < -0.39 is 12.2 Å². The third kappa shape index (κ3) is 0.714. The van der Waals surface area contributed by atoms with Crippen LogP contribution in [0, 0.1) is 0 Å². The number of aliphatic hydroxyl groups is 2. The average Bonchev–Trinajstić information content (AvgIpc) is 2.62. The van der Waals surface area contributed by atoms with Gasteiger partial charge in [0.05, 0.1) is 6.10 Å². The average molecular weight is 142 g/mol. The maximum absolute atomic E-state index is 9.22. The van der Waals surface area contributed by atoms with Crippen molar-refractivity contribution < 1.29 is 14.9 Å². The van der Waals surface area contributed by atoms with Crippen LogP contribution in [0.25, 0.3) is 0 Å². The largest absolute Gasteiger partial charge is 0.387 e. The topological polar surface area (TPSA) is 53.0 Å². The molecule has 0 radical (unpaired) electrons. The summed E-state index contributed by atoms with van der Waals surface area (Å²) in [6.45, 7) is 3.63. The molecular weight excluding hydrogens is 132 g/mol. The number of hydrogen-bond acceptors (Lipinski definition) is 3. The molecule has 1 aliphatic carbocycles. The summed E-state index contributed by atoms with van der Waals surface area (Å²) in [7, 11) is 0. The Morgan fingerprint density at radius 3 is 2.90 bits per heavy atom. The van der Waals surface area contributed by atoms with Crippen molar-refractivity contribution in [3.05, 3.63) is 12.2 Å². The van der Waals surface area contributed by atoms with Gasteiger partial charge in [0, 0.05) is 0 Å². The van der Waals surface area contributed by atoms with Gasteiger partial charge in [0.25, 0.3) is 0 Å². The third-order valence-corrected chi connectivity index (χ3v) is 2.16. The van der Waals surface area contributed by atoms with E-state index in [1.54, 1.807) is 0 Å². The quantitative estimate of drug-likeness (QED) is 0.352. The molecule has 3 nitrogen and oxygen atoms in total. The second kappa shape index (κ2) is 1.81. The van der Waals surface area contributed by atoms with Gasteiger partial charge in [-0.2, -0.15) is 0 Å². The first kappa shape index (κ1) is 6.34. The van der Waals surface area contributed by atoms with Crippen LogP contribution >= 0.6 is 0 Å². The number of hydrogen-bond donors (Lipinski definition) is 2. The Kier molecular flexibility index (Phi) is 1.15. The van der Waals surface area contributed by atoms with E-state index in [0.29, 0.717) is 12.0 Å². The summed E-state index contributed by atoms with van der Waals surface area (Å²) in [5.41, 5.74) is 0.686. The van der Waals surface area contributed by atoms with E-state index in [1.807, 2.05) is 0 Å². The van der Waals surface area contributed by atoms with Crippen LogP contribution in [0.15, 0.2) is 12.2 Å². The normalized spacial score (nSPS) is 52.4. The minimum Gasteiger partial charge on any atom is -0.387 e. The first-order valence-corrected chi connectivity index (χ1v) is 3.39. The standard InChI is InChI=1S/C7H10O3/c1-3-2-4-7(10-4)6(9)5(3)8/h4-9H,1-2H2/t4-,5-,6-,7-/m1/s1. The van der Waals surface area contributed by atoms with E-state index in [9.17, 15) is 10.2 Å². The van der Waals surface area contributed by atoms with Crippen LogP contribution in [0.3, 0.4) is 0 Å². The van der Waals surface area contributed by atoms with Gasteiger partial charge in [0.1, 0.15) is 18.3 Å². The molecular formula is C7H10O3. The Morgan fingerprint density at radius 1 is 1.50 bits per heavy atom. The zero-order valence-electron chi connectivity index (χ0n) is 5.53. The highest BCUT2D eigenvalue weighted by atomic mass is 16.6. The van der Waals surface area contributed by atoms with Crippen molar-refractivity contribution in [3.8, 4) is 0 Å². The lowest BCUT2D eigenvalue weighted by Gasteiger charge is -2.21. The molecule has 0 amide bonds. The van der Waals surface area contributed by atoms with Crippen molar-refractivity contribution in [2.45, 2.75) is 30.8 Å². The Morgan fingerprint density at radius 2 is 2.20 bits per heavy atom. The van der Waals surface area contributed by atoms with Gasteiger partial charge in [-0.15, -0.1) is 0 Å². The predicted molar refractivity (Wildman–Crippen MR) is 34.4 cm³/mol. The molecule has 1 saturated carbocycles. The molecule has 1 aliphatic heterocycles. The van der Waals surface area contributed by atoms with E-state index in [4.69, 9.17) is 4.74 Å². The molecule has 0 aromatic carbocycles. The van der Waals surface area contributed by atoms with Crippen molar-refractivity contribution in [1.82, 2.24) is 0 Å². The fraction of sp³-hybridized carbons (Fsp3) is 0.714. The summed E-state index contributed by atoms with van der Waals surface area (Å²) >= 11 is 0. The Labute approximate surface area is 58.9 Å². The lowest BCUT2D eigenvalue weighted by molar-refractivity contribution is 0.0201. The van der Waals surface area contributed by atoms with Crippen LogP contribution in [0.2, 0.25) is 0 Å². The number of aliphatic hydroxyl groups excluding tert-OH is 2. The van der Waals surface area contributed by atoms with Crippen molar-refractivity contribution in [3.63, 3.8) is 0 Å². The number of epoxide rings is 1. The van der Waals surface area contributed by atoms with Crippen molar-refractivity contribution in [2.24, 2.45) is 0 Å². The van der Waals surface area contributed by atoms with Crippen molar-refractivity contribution in [2.75, 3.05) is 0 Å². The van der Waals surface area contributed by atoms with Gasteiger partial charge in [0.2, 0.25) is 0 Å². The second-order valence-corrected chi connectivity index (χ2v) is 2.94. The smallest absolute Gasteiger partial charge is 0.113 e. The van der Waals surface area contributed by atoms with Gasteiger partial charge < -0.3 is 14.9 Å². The fourth-order valence-corrected chi connectivity index (χ4v) is 1.42. The van der Waals surface area contributed by atoms with Gasteiger partial charge >= 0.3 is 0 Å². The highest BCUT2D eigenvalue weighted by Gasteiger charge is 2.51. The van der Waals surface area contributed by atoms with E-state index in [-0.39, 0.29) is 12.2 Å². The molecule has 0 unspecified atom stereocenters. The summed E-state index contributed by atoms with van der Waals surface area (Å²) in [4.78, 5) is 0. The molecule has 2 N–H and O–H groups in total. The maximum Gasteiger partial charge on any atom is 0.113 e. The van der Waals surface area contributed by atoms with E-state index >= 15 is 0 Å². The SMILES string of the molecule is C=C1C[C@H]2O[C@H]2[C@H](O)[C@@H]1O. The summed E-state index contributed by atoms with van der Waals surface area (Å²) in [5, 5.41) is 18.4. The van der Waals surface area contributed by atoms with Crippen LogP contribution < -0.4 is 0 Å². The van der Waals surface area contributed by atoms with Crippen molar-refractivity contribution >= 4 is 0 Å². The molecule has 0 aromatic heterocycles. The molecule has 10 heavy (non-hydrogen) atoms. The maximum atomic E-state index is 9.22. The van der Waals surface area contributed by atoms with Crippen LogP contribution in [0.5, 0.6) is 0 Å². The molecule has 3 heteroatoms. The molecule has 1 saturated heterocycles. The fourth-order valence-electron chi connectivity index (χ4n) is 1.42. The van der Waals surface area contributed by atoms with Gasteiger partial charge in [-0.25, -0.2) is 0 Å². The number of ether oxygens (including phenoxy) is 1. The van der Waals surface area contributed by atoms with Gasteiger partial charge in [-0.3, -0.25) is 0 Å². The Balaban J connectivity index is 2.14. The van der Waals surface area contributed by atoms with Crippen LogP contribution in [-0.4, -0.2) is 34.6 Å². The van der Waals surface area contributed by atoms with Gasteiger partial charge in [-0.1, -0.05) is 6.58 Å². The minimum absolute atomic E-state index is 0.125. The Hall–Kier alpha value is -0.380. The first-order chi connectivity index (χ1) is 4.70. The summed E-state index contributed by atoms with van der Waals surface area (Å²) in [6, 6.07) is 0. The van der Waals surface area contributed by atoms with Crippen LogP contribution in [0.4, 0.5) is 0 Å². The molecule has 4 atom stereocenters. The number of rotatable bonds is 0. The lowest BCUT2D eigenvalue weighted by Crippen LogP contribution is -2.37. The molecule has 2 aliphatic rings.